The molecule has 1 aliphatic rings. The summed E-state index contributed by atoms with van der Waals surface area (Å²) in [6, 6.07) is 0.153. The van der Waals surface area contributed by atoms with E-state index in [4.69, 9.17) is 4.74 Å². The van der Waals surface area contributed by atoms with Crippen molar-refractivity contribution in [2.45, 2.75) is 59.3 Å². The predicted octanol–water partition coefficient (Wildman–Crippen LogP) is 1.96. The second-order valence-electron chi connectivity index (χ2n) is 4.73. The highest BCUT2D eigenvalue weighted by molar-refractivity contribution is 5.73. The molecule has 0 bridgehead atoms. The van der Waals surface area contributed by atoms with Crippen molar-refractivity contribution in [1.82, 2.24) is 5.32 Å². The van der Waals surface area contributed by atoms with Crippen LogP contribution in [0.25, 0.3) is 0 Å². The third kappa shape index (κ3) is 2.71. The molecule has 1 fully saturated rings. The first kappa shape index (κ1) is 12.5. The van der Waals surface area contributed by atoms with E-state index in [9.17, 15) is 4.79 Å². The molecule has 1 saturated heterocycles. The minimum atomic E-state index is 0.0319. The molecule has 1 heterocycles. The number of nitrogens with one attached hydrogen (secondary N) is 1. The van der Waals surface area contributed by atoms with Gasteiger partial charge in [-0.2, -0.15) is 0 Å². The fourth-order valence-corrected chi connectivity index (χ4v) is 2.53. The van der Waals surface area contributed by atoms with Crippen LogP contribution in [0.1, 0.15) is 41.0 Å². The van der Waals surface area contributed by atoms with Crippen LogP contribution in [-0.2, 0) is 9.53 Å². The summed E-state index contributed by atoms with van der Waals surface area (Å²) < 4.78 is 5.92. The molecule has 1 rings (SSSR count). The van der Waals surface area contributed by atoms with Gasteiger partial charge in [0, 0.05) is 6.92 Å². The van der Waals surface area contributed by atoms with Gasteiger partial charge < -0.3 is 10.1 Å². The second-order valence-corrected chi connectivity index (χ2v) is 4.73. The Hall–Kier alpha value is -0.570. The molecular weight excluding hydrogens is 190 g/mol. The summed E-state index contributed by atoms with van der Waals surface area (Å²) in [6.45, 7) is 10.2. The van der Waals surface area contributed by atoms with Gasteiger partial charge in [0.2, 0.25) is 5.91 Å². The van der Waals surface area contributed by atoms with Gasteiger partial charge in [-0.3, -0.25) is 4.79 Å². The third-order valence-electron chi connectivity index (χ3n) is 3.65. The summed E-state index contributed by atoms with van der Waals surface area (Å²) >= 11 is 0. The Morgan fingerprint density at radius 1 is 1.27 bits per heavy atom. The summed E-state index contributed by atoms with van der Waals surface area (Å²) in [5.41, 5.74) is 0. The highest BCUT2D eigenvalue weighted by Crippen LogP contribution is 2.31. The van der Waals surface area contributed by atoms with Crippen molar-refractivity contribution >= 4 is 5.91 Å². The van der Waals surface area contributed by atoms with Gasteiger partial charge in [-0.25, -0.2) is 0 Å². The largest absolute Gasteiger partial charge is 0.373 e. The van der Waals surface area contributed by atoms with Crippen LogP contribution in [0.4, 0.5) is 0 Å². The van der Waals surface area contributed by atoms with Crippen molar-refractivity contribution in [2.75, 3.05) is 0 Å². The number of amides is 1. The molecule has 15 heavy (non-hydrogen) atoms. The average Bonchev–Trinajstić information content (AvgIpc) is 2.18. The van der Waals surface area contributed by atoms with E-state index in [1.807, 2.05) is 6.92 Å². The van der Waals surface area contributed by atoms with E-state index in [-0.39, 0.29) is 18.1 Å². The molecule has 0 aliphatic carbocycles. The van der Waals surface area contributed by atoms with Gasteiger partial charge in [-0.15, -0.1) is 0 Å². The Balaban J connectivity index is 2.70. The first-order valence-electron chi connectivity index (χ1n) is 5.89. The van der Waals surface area contributed by atoms with Crippen molar-refractivity contribution in [3.63, 3.8) is 0 Å². The molecule has 88 valence electrons. The van der Waals surface area contributed by atoms with Crippen molar-refractivity contribution in [2.24, 2.45) is 11.8 Å². The lowest BCUT2D eigenvalue weighted by atomic mass is 9.79. The summed E-state index contributed by atoms with van der Waals surface area (Å²) in [7, 11) is 0. The quantitative estimate of drug-likeness (QED) is 0.761. The molecule has 3 heteroatoms. The average molecular weight is 213 g/mol. The van der Waals surface area contributed by atoms with Crippen molar-refractivity contribution in [1.29, 1.82) is 0 Å². The summed E-state index contributed by atoms with van der Waals surface area (Å²) in [4.78, 5) is 11.1. The fraction of sp³-hybridized carbons (Fsp3) is 0.917. The van der Waals surface area contributed by atoms with E-state index < -0.39 is 0 Å². The molecule has 0 aromatic rings. The zero-order valence-electron chi connectivity index (χ0n) is 10.4. The normalized spacial score (nSPS) is 41.3. The highest BCUT2D eigenvalue weighted by atomic mass is 16.5. The molecule has 0 radical (unpaired) electrons. The van der Waals surface area contributed by atoms with Crippen molar-refractivity contribution in [3.8, 4) is 0 Å². The Morgan fingerprint density at radius 2 is 1.87 bits per heavy atom. The van der Waals surface area contributed by atoms with E-state index in [0.717, 1.165) is 6.42 Å². The number of hydrogen-bond acceptors (Lipinski definition) is 2. The van der Waals surface area contributed by atoms with Crippen LogP contribution in [0.3, 0.4) is 0 Å². The lowest BCUT2D eigenvalue weighted by molar-refractivity contribution is -0.133. The summed E-state index contributed by atoms with van der Waals surface area (Å²) in [5, 5.41) is 2.99. The monoisotopic (exact) mass is 213 g/mol. The van der Waals surface area contributed by atoms with Gasteiger partial charge in [0.05, 0.1) is 18.2 Å². The smallest absolute Gasteiger partial charge is 0.217 e. The predicted molar refractivity (Wildman–Crippen MR) is 60.6 cm³/mol. The van der Waals surface area contributed by atoms with Gasteiger partial charge in [0.25, 0.3) is 0 Å². The molecule has 5 atom stereocenters. The van der Waals surface area contributed by atoms with Gasteiger partial charge in [-0.1, -0.05) is 20.8 Å². The van der Waals surface area contributed by atoms with Crippen molar-refractivity contribution in [3.05, 3.63) is 0 Å². The number of hydrogen-bond donors (Lipinski definition) is 1. The van der Waals surface area contributed by atoms with Crippen LogP contribution in [0.5, 0.6) is 0 Å². The number of carbonyl (C=O) groups excluding carboxylic acids is 1. The molecule has 0 saturated carbocycles. The van der Waals surface area contributed by atoms with Crippen LogP contribution in [0, 0.1) is 11.8 Å². The fourth-order valence-electron chi connectivity index (χ4n) is 2.53. The van der Waals surface area contributed by atoms with Crippen LogP contribution in [-0.4, -0.2) is 24.2 Å². The lowest BCUT2D eigenvalue weighted by Gasteiger charge is -2.43. The SMILES string of the molecule is CCC1OC(C)C(NC(C)=O)C(C)C1C. The van der Waals surface area contributed by atoms with Crippen LogP contribution >= 0.6 is 0 Å². The third-order valence-corrected chi connectivity index (χ3v) is 3.65. The van der Waals surface area contributed by atoms with E-state index in [0.29, 0.717) is 17.9 Å². The molecule has 0 spiro atoms. The van der Waals surface area contributed by atoms with E-state index in [1.165, 1.54) is 0 Å². The molecule has 1 amide bonds. The molecule has 3 nitrogen and oxygen atoms in total. The maximum Gasteiger partial charge on any atom is 0.217 e. The highest BCUT2D eigenvalue weighted by Gasteiger charge is 2.38. The number of ether oxygens (including phenoxy) is 1. The Kier molecular flexibility index (Phi) is 4.14. The number of carbonyl (C=O) groups is 1. The van der Waals surface area contributed by atoms with Crippen molar-refractivity contribution < 1.29 is 9.53 Å². The minimum absolute atomic E-state index is 0.0319. The van der Waals surface area contributed by atoms with Gasteiger partial charge in [-0.05, 0) is 25.2 Å². The summed E-state index contributed by atoms with van der Waals surface area (Å²) in [5.74, 6) is 1.01. The van der Waals surface area contributed by atoms with Gasteiger partial charge in [0.1, 0.15) is 0 Å². The van der Waals surface area contributed by atoms with Gasteiger partial charge >= 0.3 is 0 Å². The Bertz CT molecular complexity index is 230. The first-order valence-corrected chi connectivity index (χ1v) is 5.89. The van der Waals surface area contributed by atoms with Gasteiger partial charge in [0.15, 0.2) is 0 Å². The maximum absolute atomic E-state index is 11.1. The summed E-state index contributed by atoms with van der Waals surface area (Å²) in [6.07, 6.45) is 1.49. The molecule has 5 unspecified atom stereocenters. The van der Waals surface area contributed by atoms with E-state index >= 15 is 0 Å². The van der Waals surface area contributed by atoms with E-state index in [2.05, 4.69) is 26.1 Å². The minimum Gasteiger partial charge on any atom is -0.373 e. The van der Waals surface area contributed by atoms with Crippen LogP contribution in [0.2, 0.25) is 0 Å². The first-order chi connectivity index (χ1) is 6.97. The molecular formula is C12H23NO2. The lowest BCUT2D eigenvalue weighted by Crippen LogP contribution is -2.55. The molecule has 1 aliphatic heterocycles. The molecule has 0 aromatic heterocycles. The molecule has 1 N–H and O–H groups in total. The van der Waals surface area contributed by atoms with Crippen LogP contribution < -0.4 is 5.32 Å². The Morgan fingerprint density at radius 3 is 2.33 bits per heavy atom. The Labute approximate surface area is 92.6 Å². The maximum atomic E-state index is 11.1. The van der Waals surface area contributed by atoms with Crippen LogP contribution in [0.15, 0.2) is 0 Å². The van der Waals surface area contributed by atoms with E-state index in [1.54, 1.807) is 6.92 Å². The zero-order chi connectivity index (χ0) is 11.6. The number of rotatable bonds is 2. The second kappa shape index (κ2) is 4.97. The standard InChI is InChI=1S/C12H23NO2/c1-6-11-7(2)8(3)12(9(4)15-11)13-10(5)14/h7-9,11-12H,6H2,1-5H3,(H,13,14). The zero-order valence-corrected chi connectivity index (χ0v) is 10.4. The molecule has 0 aromatic carbocycles. The topological polar surface area (TPSA) is 38.3 Å².